The van der Waals surface area contributed by atoms with Gasteiger partial charge in [-0.05, 0) is 18.2 Å². The third kappa shape index (κ3) is 5.39. The Balaban J connectivity index is 1.94. The molecule has 17 heteroatoms. The predicted molar refractivity (Wildman–Crippen MR) is 125 cm³/mol. The van der Waals surface area contributed by atoms with Gasteiger partial charge < -0.3 is 53.4 Å². The van der Waals surface area contributed by atoms with Gasteiger partial charge in [-0.2, -0.15) is 8.42 Å². The molecule has 0 bridgehead atoms. The normalized spacial score (nSPS) is 23.4. The third-order valence-electron chi connectivity index (χ3n) is 5.60. The Kier molecular flexibility index (Phi) is 7.30. The number of hydrogen-bond acceptors (Lipinski definition) is 14. The smallest absolute Gasteiger partial charge is 0.446 e. The molecule has 1 aromatic heterocycles. The minimum absolute atomic E-state index is 0.0279. The molecule has 16 nitrogen and oxygen atoms in total. The van der Waals surface area contributed by atoms with Crippen LogP contribution in [0.1, 0.15) is 0 Å². The number of aliphatic hydroxyl groups excluding tert-OH is 3. The highest BCUT2D eigenvalue weighted by atomic mass is 32.3. The Morgan fingerprint density at radius 2 is 1.69 bits per heavy atom. The molecule has 1 saturated heterocycles. The molecule has 0 saturated carbocycles. The first kappa shape index (κ1) is 27.9. The van der Waals surface area contributed by atoms with Gasteiger partial charge in [0.1, 0.15) is 35.0 Å². The van der Waals surface area contributed by atoms with Crippen molar-refractivity contribution < 1.29 is 71.2 Å². The molecule has 5 atom stereocenters. The molecule has 7 N–H and O–H groups in total. The molecule has 1 aliphatic rings. The van der Waals surface area contributed by atoms with Crippen molar-refractivity contribution >= 4 is 27.3 Å². The Morgan fingerprint density at radius 3 is 2.31 bits per heavy atom. The second-order valence-electron chi connectivity index (χ2n) is 8.16. The second kappa shape index (κ2) is 10.2. The number of carboxylic acid groups (broad SMARTS) is 1. The first-order valence-electron chi connectivity index (χ1n) is 10.7. The van der Waals surface area contributed by atoms with Crippen molar-refractivity contribution in [1.82, 2.24) is 0 Å². The van der Waals surface area contributed by atoms with E-state index in [2.05, 4.69) is 4.18 Å². The maximum atomic E-state index is 13.5. The summed E-state index contributed by atoms with van der Waals surface area (Å²) in [5.74, 6) is -4.99. The van der Waals surface area contributed by atoms with E-state index >= 15 is 0 Å². The van der Waals surface area contributed by atoms with Crippen molar-refractivity contribution in [3.8, 4) is 40.1 Å². The van der Waals surface area contributed by atoms with Crippen LogP contribution in [0.15, 0.2) is 39.5 Å². The third-order valence-corrected chi connectivity index (χ3v) is 6.00. The van der Waals surface area contributed by atoms with Crippen molar-refractivity contribution in [2.45, 2.75) is 30.7 Å². The van der Waals surface area contributed by atoms with Gasteiger partial charge in [0.15, 0.2) is 29.1 Å². The fourth-order valence-electron chi connectivity index (χ4n) is 3.81. The number of benzene rings is 2. The lowest BCUT2D eigenvalue weighted by Gasteiger charge is -2.38. The van der Waals surface area contributed by atoms with Gasteiger partial charge in [-0.15, -0.1) is 0 Å². The summed E-state index contributed by atoms with van der Waals surface area (Å²) in [5, 5.41) is 59.5. The molecule has 2 heterocycles. The van der Waals surface area contributed by atoms with E-state index in [0.717, 1.165) is 12.1 Å². The molecule has 0 unspecified atom stereocenters. The zero-order valence-electron chi connectivity index (χ0n) is 19.5. The Labute approximate surface area is 217 Å². The number of aliphatic hydroxyl groups is 3. The molecule has 1 fully saturated rings. The van der Waals surface area contributed by atoms with Crippen LogP contribution in [0.4, 0.5) is 0 Å². The number of hydrogen-bond donors (Lipinski definition) is 7. The first-order valence-corrected chi connectivity index (χ1v) is 12.1. The zero-order chi connectivity index (χ0) is 28.8. The van der Waals surface area contributed by atoms with E-state index in [1.165, 1.54) is 19.2 Å². The van der Waals surface area contributed by atoms with Gasteiger partial charge >= 0.3 is 16.4 Å². The first-order chi connectivity index (χ1) is 18.2. The Morgan fingerprint density at radius 1 is 1.00 bits per heavy atom. The molecular weight excluding hydrogens is 552 g/mol. The number of methoxy groups -OCH3 is 1. The molecule has 0 aliphatic carbocycles. The number of fused-ring (bicyclic) bond motifs is 1. The fourth-order valence-corrected chi connectivity index (χ4v) is 4.15. The maximum Gasteiger partial charge on any atom is 0.446 e. The van der Waals surface area contributed by atoms with Crippen molar-refractivity contribution in [3.63, 3.8) is 0 Å². The molecule has 0 spiro atoms. The molecule has 1 aliphatic heterocycles. The van der Waals surface area contributed by atoms with Crippen LogP contribution in [0.3, 0.4) is 0 Å². The summed E-state index contributed by atoms with van der Waals surface area (Å²) < 4.78 is 56.8. The molecule has 0 radical (unpaired) electrons. The number of ether oxygens (including phenoxy) is 3. The predicted octanol–water partition coefficient (Wildman–Crippen LogP) is -0.668. The molecule has 3 aromatic rings. The molecule has 2 aromatic carbocycles. The summed E-state index contributed by atoms with van der Waals surface area (Å²) in [7, 11) is -3.82. The van der Waals surface area contributed by atoms with E-state index in [-0.39, 0.29) is 17.1 Å². The van der Waals surface area contributed by atoms with Crippen LogP contribution in [-0.4, -0.2) is 87.4 Å². The van der Waals surface area contributed by atoms with Crippen LogP contribution in [0.5, 0.6) is 28.7 Å². The lowest BCUT2D eigenvalue weighted by molar-refractivity contribution is -0.271. The highest BCUT2D eigenvalue weighted by Crippen LogP contribution is 2.40. The van der Waals surface area contributed by atoms with Crippen LogP contribution < -0.4 is 19.1 Å². The average molecular weight is 572 g/mol. The van der Waals surface area contributed by atoms with E-state index in [1.54, 1.807) is 0 Å². The van der Waals surface area contributed by atoms with E-state index in [4.69, 9.17) is 23.2 Å². The van der Waals surface area contributed by atoms with Crippen LogP contribution >= 0.6 is 0 Å². The molecule has 39 heavy (non-hydrogen) atoms. The number of aliphatic carboxylic acids is 1. The lowest BCUT2D eigenvalue weighted by atomic mass is 9.99. The van der Waals surface area contributed by atoms with Crippen molar-refractivity contribution in [3.05, 3.63) is 40.6 Å². The highest BCUT2D eigenvalue weighted by molar-refractivity contribution is 7.81. The number of aromatic hydroxyl groups is 2. The summed E-state index contributed by atoms with van der Waals surface area (Å²) in [4.78, 5) is 25.0. The maximum absolute atomic E-state index is 13.5. The summed E-state index contributed by atoms with van der Waals surface area (Å²) in [6.45, 7) is 0. The van der Waals surface area contributed by atoms with Gasteiger partial charge in [-0.1, -0.05) is 0 Å². The fraction of sp³-hybridized carbons (Fsp3) is 0.273. The second-order valence-corrected chi connectivity index (χ2v) is 9.18. The summed E-state index contributed by atoms with van der Waals surface area (Å²) in [6.07, 6.45) is -10.4. The van der Waals surface area contributed by atoms with Gasteiger partial charge in [0.05, 0.1) is 7.11 Å². The monoisotopic (exact) mass is 572 g/mol. The number of carboxylic acids is 1. The van der Waals surface area contributed by atoms with E-state index in [1.807, 2.05) is 0 Å². The van der Waals surface area contributed by atoms with Crippen molar-refractivity contribution in [1.29, 1.82) is 0 Å². The largest absolute Gasteiger partial charge is 0.507 e. The minimum Gasteiger partial charge on any atom is -0.507 e. The topological polar surface area (TPSA) is 260 Å². The summed E-state index contributed by atoms with van der Waals surface area (Å²) in [6, 6.07) is 5.05. The number of rotatable bonds is 7. The van der Waals surface area contributed by atoms with Gasteiger partial charge in [0.25, 0.3) is 0 Å². The van der Waals surface area contributed by atoms with Gasteiger partial charge in [0, 0.05) is 17.7 Å². The van der Waals surface area contributed by atoms with Gasteiger partial charge in [0.2, 0.25) is 17.5 Å². The number of phenols is 2. The lowest BCUT2D eigenvalue weighted by Crippen LogP contribution is -2.61. The standard InChI is InChI=1S/C22H20O16S/c1-34-11-4-7(2-3-9(11)23)18-19(36-22-17(28)15(26)16(27)20(37-22)21(29)30)14(25)13-10(24)5-8(6-12(13)35-18)38-39(31,32)33/h2-6,15-17,20,22-24,26-28H,1H3,(H,29,30)(H,31,32,33)/t15-,16+,17+,20+,22-/m1/s1. The zero-order valence-corrected chi connectivity index (χ0v) is 20.3. The quantitative estimate of drug-likeness (QED) is 0.173. The Hall–Kier alpha value is -4.13. The van der Waals surface area contributed by atoms with Crippen LogP contribution in [0.25, 0.3) is 22.3 Å². The van der Waals surface area contributed by atoms with Gasteiger partial charge in [-0.25, -0.2) is 4.79 Å². The van der Waals surface area contributed by atoms with Gasteiger partial charge in [-0.3, -0.25) is 9.35 Å². The molecular formula is C22H20O16S. The number of phenolic OH excluding ortho intramolecular Hbond substituents is 2. The van der Waals surface area contributed by atoms with E-state index in [0.29, 0.717) is 6.07 Å². The van der Waals surface area contributed by atoms with E-state index < -0.39 is 86.5 Å². The minimum atomic E-state index is -5.04. The van der Waals surface area contributed by atoms with E-state index in [9.17, 15) is 48.6 Å². The average Bonchev–Trinajstić information content (AvgIpc) is 2.84. The Bertz CT molecular complexity index is 1600. The van der Waals surface area contributed by atoms with Crippen molar-refractivity contribution in [2.75, 3.05) is 7.11 Å². The number of carbonyl (C=O) groups is 1. The van der Waals surface area contributed by atoms with Crippen LogP contribution in [-0.2, 0) is 19.9 Å². The van der Waals surface area contributed by atoms with Crippen molar-refractivity contribution in [2.24, 2.45) is 0 Å². The molecule has 210 valence electrons. The highest BCUT2D eigenvalue weighted by Gasteiger charge is 2.48. The summed E-state index contributed by atoms with van der Waals surface area (Å²) in [5.41, 5.74) is -1.67. The van der Waals surface area contributed by atoms with Crippen LogP contribution in [0.2, 0.25) is 0 Å². The SMILES string of the molecule is COc1cc(-c2oc3cc(OS(=O)(=O)O)cc(O)c3c(=O)c2O[C@@H]2O[C@H](C(=O)O)[C@@H](O)[C@@H](O)[C@@H]2O)ccc1O. The molecule has 4 rings (SSSR count). The van der Waals surface area contributed by atoms with Crippen LogP contribution in [0, 0.1) is 0 Å². The molecule has 0 amide bonds. The summed E-state index contributed by atoms with van der Waals surface area (Å²) >= 11 is 0.